The van der Waals surface area contributed by atoms with Crippen LogP contribution in [0.25, 0.3) is 16.8 Å². The van der Waals surface area contributed by atoms with Gasteiger partial charge in [0.1, 0.15) is 11.4 Å². The highest BCUT2D eigenvalue weighted by Crippen LogP contribution is 2.26. The monoisotopic (exact) mass is 532 g/mol. The number of halogens is 2. The van der Waals surface area contributed by atoms with Crippen LogP contribution in [0.4, 0.5) is 14.5 Å². The third-order valence-electron chi connectivity index (χ3n) is 6.58. The van der Waals surface area contributed by atoms with Crippen LogP contribution >= 0.6 is 0 Å². The van der Waals surface area contributed by atoms with Gasteiger partial charge in [-0.1, -0.05) is 12.1 Å². The molecular formula is C29H30F2N6O2. The second-order valence-corrected chi connectivity index (χ2v) is 9.74. The van der Waals surface area contributed by atoms with Crippen molar-refractivity contribution in [1.82, 2.24) is 19.4 Å². The van der Waals surface area contributed by atoms with Crippen LogP contribution in [0.5, 0.6) is 5.75 Å². The number of nitrogens with zero attached hydrogens (tertiary/aromatic N) is 4. The van der Waals surface area contributed by atoms with Gasteiger partial charge in [0.25, 0.3) is 5.91 Å². The van der Waals surface area contributed by atoms with Crippen LogP contribution in [-0.2, 0) is 6.54 Å². The summed E-state index contributed by atoms with van der Waals surface area (Å²) < 4.78 is 31.7. The Bertz CT molecular complexity index is 1460. The molecule has 4 aromatic rings. The summed E-state index contributed by atoms with van der Waals surface area (Å²) in [7, 11) is 0. The molecule has 0 bridgehead atoms. The number of nitrogens with two attached hydrogens (primary N) is 1. The molecule has 2 aromatic carbocycles. The Balaban J connectivity index is 1.39. The number of piperidine rings is 1. The fourth-order valence-electron chi connectivity index (χ4n) is 4.82. The molecule has 1 saturated heterocycles. The molecule has 5 rings (SSSR count). The zero-order valence-corrected chi connectivity index (χ0v) is 21.6. The first-order valence-electron chi connectivity index (χ1n) is 12.8. The summed E-state index contributed by atoms with van der Waals surface area (Å²) in [6.07, 6.45) is 7.28. The number of alkyl halides is 2. The first-order valence-corrected chi connectivity index (χ1v) is 12.8. The maximum Gasteiger partial charge on any atom is 0.387 e. The number of imidazole rings is 1. The van der Waals surface area contributed by atoms with Crippen molar-refractivity contribution in [3.8, 4) is 22.6 Å². The number of anilines is 1. The van der Waals surface area contributed by atoms with Crippen LogP contribution in [-0.4, -0.2) is 51.1 Å². The van der Waals surface area contributed by atoms with Gasteiger partial charge < -0.3 is 20.4 Å². The first kappa shape index (κ1) is 26.5. The van der Waals surface area contributed by atoms with E-state index in [-0.39, 0.29) is 23.4 Å². The number of likely N-dealkylation sites (tertiary alicyclic amines) is 1. The minimum absolute atomic E-state index is 0.0408. The van der Waals surface area contributed by atoms with Gasteiger partial charge in [0.15, 0.2) is 0 Å². The first-order chi connectivity index (χ1) is 18.8. The third-order valence-corrected chi connectivity index (χ3v) is 6.58. The summed E-state index contributed by atoms with van der Waals surface area (Å²) in [5.41, 5.74) is 11.1. The summed E-state index contributed by atoms with van der Waals surface area (Å²) in [6, 6.07) is 15.8. The molecule has 1 amide bonds. The fourth-order valence-corrected chi connectivity index (χ4v) is 4.82. The molecule has 0 unspecified atom stereocenters. The van der Waals surface area contributed by atoms with Gasteiger partial charge in [-0.05, 0) is 85.5 Å². The molecule has 2 aromatic heterocycles. The van der Waals surface area contributed by atoms with Crippen LogP contribution in [0.1, 0.15) is 34.6 Å². The summed E-state index contributed by atoms with van der Waals surface area (Å²) >= 11 is 0. The lowest BCUT2D eigenvalue weighted by atomic mass is 10.0. The van der Waals surface area contributed by atoms with Crippen molar-refractivity contribution in [3.05, 3.63) is 90.3 Å². The lowest BCUT2D eigenvalue weighted by Crippen LogP contribution is -2.42. The molecule has 39 heavy (non-hydrogen) atoms. The molecule has 0 aliphatic carbocycles. The standard InChI is InChI=1S/C29H30F2N6O2/c1-19-15-37(18-34-19)25-11-20(16-36-9-3-5-23(32)17-36)10-24(14-25)35-28(38)27-13-22(7-8-33-27)21-4-2-6-26(12-21)39-29(30)31/h2,4,6-8,10-15,18,23,29H,3,5,9,16-17,32H2,1H3,(H,35,38)/t23-/m0/s1. The highest BCUT2D eigenvalue weighted by molar-refractivity contribution is 6.03. The molecule has 1 aliphatic rings. The highest BCUT2D eigenvalue weighted by atomic mass is 19.3. The maximum atomic E-state index is 13.3. The van der Waals surface area contributed by atoms with E-state index in [1.165, 1.54) is 18.3 Å². The second-order valence-electron chi connectivity index (χ2n) is 9.74. The molecule has 1 atom stereocenters. The van der Waals surface area contributed by atoms with E-state index in [1.807, 2.05) is 29.8 Å². The minimum Gasteiger partial charge on any atom is -0.435 e. The SMILES string of the molecule is Cc1cn(-c2cc(CN3CCC[C@H](N)C3)cc(NC(=O)c3cc(-c4cccc(OC(F)F)c4)ccn3)c2)cn1. The van der Waals surface area contributed by atoms with Gasteiger partial charge in [0.05, 0.1) is 12.0 Å². The molecule has 1 aliphatic heterocycles. The van der Waals surface area contributed by atoms with Crippen molar-refractivity contribution < 1.29 is 18.3 Å². The zero-order valence-electron chi connectivity index (χ0n) is 21.6. The fraction of sp³-hybridized carbons (Fsp3) is 0.276. The largest absolute Gasteiger partial charge is 0.435 e. The van der Waals surface area contributed by atoms with Gasteiger partial charge >= 0.3 is 6.61 Å². The number of hydrogen-bond donors (Lipinski definition) is 2. The van der Waals surface area contributed by atoms with E-state index in [9.17, 15) is 13.6 Å². The number of carbonyl (C=O) groups is 1. The van der Waals surface area contributed by atoms with E-state index in [1.54, 1.807) is 30.6 Å². The Morgan fingerprint density at radius 1 is 1.15 bits per heavy atom. The number of amides is 1. The topological polar surface area (TPSA) is 98.3 Å². The normalized spacial score (nSPS) is 15.9. The van der Waals surface area contributed by atoms with E-state index in [0.29, 0.717) is 23.4 Å². The Kier molecular flexibility index (Phi) is 7.94. The van der Waals surface area contributed by atoms with Crippen molar-refractivity contribution in [3.63, 3.8) is 0 Å². The molecule has 0 spiro atoms. The van der Waals surface area contributed by atoms with E-state index in [0.717, 1.165) is 42.9 Å². The van der Waals surface area contributed by atoms with E-state index >= 15 is 0 Å². The Morgan fingerprint density at radius 3 is 2.77 bits per heavy atom. The molecular weight excluding hydrogens is 502 g/mol. The van der Waals surface area contributed by atoms with Crippen molar-refractivity contribution in [1.29, 1.82) is 0 Å². The number of aryl methyl sites for hydroxylation is 1. The smallest absolute Gasteiger partial charge is 0.387 e. The quantitative estimate of drug-likeness (QED) is 0.331. The van der Waals surface area contributed by atoms with Crippen molar-refractivity contribution >= 4 is 11.6 Å². The van der Waals surface area contributed by atoms with Crippen LogP contribution in [0.15, 0.2) is 73.3 Å². The van der Waals surface area contributed by atoms with E-state index in [4.69, 9.17) is 5.73 Å². The minimum atomic E-state index is -2.92. The zero-order chi connectivity index (χ0) is 27.4. The average Bonchev–Trinajstić information content (AvgIpc) is 3.35. The van der Waals surface area contributed by atoms with Gasteiger partial charge in [-0.2, -0.15) is 8.78 Å². The number of hydrogen-bond acceptors (Lipinski definition) is 6. The third kappa shape index (κ3) is 6.84. The van der Waals surface area contributed by atoms with E-state index < -0.39 is 6.61 Å². The van der Waals surface area contributed by atoms with Crippen molar-refractivity contribution in [2.75, 3.05) is 18.4 Å². The molecule has 0 saturated carbocycles. The highest BCUT2D eigenvalue weighted by Gasteiger charge is 2.18. The summed E-state index contributed by atoms with van der Waals surface area (Å²) in [5.74, 6) is -0.346. The number of pyridine rings is 1. The maximum absolute atomic E-state index is 13.3. The summed E-state index contributed by atoms with van der Waals surface area (Å²) in [6.45, 7) is 1.52. The molecule has 3 heterocycles. The van der Waals surface area contributed by atoms with Crippen LogP contribution in [0, 0.1) is 6.92 Å². The number of ether oxygens (including phenoxy) is 1. The molecule has 202 valence electrons. The predicted octanol–water partition coefficient (Wildman–Crippen LogP) is 5.02. The average molecular weight is 533 g/mol. The Morgan fingerprint density at radius 2 is 2.00 bits per heavy atom. The van der Waals surface area contributed by atoms with Gasteiger partial charge in [-0.15, -0.1) is 0 Å². The number of nitrogens with one attached hydrogen (secondary N) is 1. The summed E-state index contributed by atoms with van der Waals surface area (Å²) in [4.78, 5) is 24.2. The van der Waals surface area contributed by atoms with E-state index in [2.05, 4.69) is 31.0 Å². The molecule has 8 nitrogen and oxygen atoms in total. The number of benzene rings is 2. The molecule has 3 N–H and O–H groups in total. The van der Waals surface area contributed by atoms with Gasteiger partial charge in [0.2, 0.25) is 0 Å². The molecule has 1 fully saturated rings. The van der Waals surface area contributed by atoms with Crippen molar-refractivity contribution in [2.45, 2.75) is 39.0 Å². The summed E-state index contributed by atoms with van der Waals surface area (Å²) in [5, 5.41) is 2.98. The number of aromatic nitrogens is 3. The lowest BCUT2D eigenvalue weighted by Gasteiger charge is -2.30. The molecule has 0 radical (unpaired) electrons. The number of carbonyl (C=O) groups excluding carboxylic acids is 1. The second kappa shape index (κ2) is 11.7. The predicted molar refractivity (Wildman–Crippen MR) is 145 cm³/mol. The van der Waals surface area contributed by atoms with Crippen LogP contribution < -0.4 is 15.8 Å². The Labute approximate surface area is 225 Å². The molecule has 10 heteroatoms. The van der Waals surface area contributed by atoms with Gasteiger partial charge in [-0.25, -0.2) is 4.98 Å². The van der Waals surface area contributed by atoms with Gasteiger partial charge in [0, 0.05) is 42.9 Å². The van der Waals surface area contributed by atoms with Crippen LogP contribution in [0.3, 0.4) is 0 Å². The van der Waals surface area contributed by atoms with Crippen LogP contribution in [0.2, 0.25) is 0 Å². The number of rotatable bonds is 8. The Hall–Kier alpha value is -4.15. The van der Waals surface area contributed by atoms with Gasteiger partial charge in [-0.3, -0.25) is 14.7 Å². The lowest BCUT2D eigenvalue weighted by molar-refractivity contribution is -0.0498. The van der Waals surface area contributed by atoms with Crippen molar-refractivity contribution in [2.24, 2.45) is 5.73 Å².